The van der Waals surface area contributed by atoms with Gasteiger partial charge in [-0.05, 0) is 31.5 Å². The molecule has 0 aliphatic rings. The zero-order valence-electron chi connectivity index (χ0n) is 17.8. The van der Waals surface area contributed by atoms with E-state index < -0.39 is 0 Å². The summed E-state index contributed by atoms with van der Waals surface area (Å²) in [6.07, 6.45) is 1.75. The monoisotopic (exact) mass is 415 g/mol. The van der Waals surface area contributed by atoms with Crippen LogP contribution in [-0.2, 0) is 6.61 Å². The maximum absolute atomic E-state index is 6.46. The predicted molar refractivity (Wildman–Crippen MR) is 122 cm³/mol. The lowest BCUT2D eigenvalue weighted by molar-refractivity contribution is 0.304. The van der Waals surface area contributed by atoms with Gasteiger partial charge >= 0.3 is 0 Å². The molecule has 4 N–H and O–H groups in total. The maximum Gasteiger partial charge on any atom is 0.148 e. The summed E-state index contributed by atoms with van der Waals surface area (Å²) in [6.45, 7) is 4.22. The number of nitrogens with two attached hydrogens (primary N) is 2. The van der Waals surface area contributed by atoms with Gasteiger partial charge in [0, 0.05) is 29.6 Å². The molecule has 7 heteroatoms. The normalized spacial score (nSPS) is 10.8. The average molecular weight is 415 g/mol. The van der Waals surface area contributed by atoms with Gasteiger partial charge in [-0.25, -0.2) is 4.98 Å². The highest BCUT2D eigenvalue weighted by molar-refractivity contribution is 5.75. The summed E-state index contributed by atoms with van der Waals surface area (Å²) in [6, 6.07) is 17.4. The molecular formula is C24H25N5O2. The standard InChI is InChI=1S/C24H25N5O2/c1-15-19(10-7-11-27-15)24-28-16(2)23(26)29(24)20-12-18(13-21(30-3)22(20)25)31-14-17-8-5-4-6-9-17/h4-13H,14,25-26H2,1-3H3. The van der Waals surface area contributed by atoms with Crippen molar-refractivity contribution < 1.29 is 9.47 Å². The summed E-state index contributed by atoms with van der Waals surface area (Å²) < 4.78 is 13.4. The van der Waals surface area contributed by atoms with Gasteiger partial charge in [-0.2, -0.15) is 0 Å². The number of nitrogen functional groups attached to an aromatic ring is 2. The van der Waals surface area contributed by atoms with Gasteiger partial charge in [0.15, 0.2) is 0 Å². The molecule has 0 radical (unpaired) electrons. The molecule has 0 bridgehead atoms. The molecule has 2 aromatic heterocycles. The van der Waals surface area contributed by atoms with E-state index in [4.69, 9.17) is 25.9 Å². The fourth-order valence-corrected chi connectivity index (χ4v) is 3.45. The van der Waals surface area contributed by atoms with Gasteiger partial charge in [-0.1, -0.05) is 30.3 Å². The molecule has 0 amide bonds. The minimum atomic E-state index is 0.417. The second-order valence-corrected chi connectivity index (χ2v) is 7.21. The zero-order valence-corrected chi connectivity index (χ0v) is 17.8. The lowest BCUT2D eigenvalue weighted by Gasteiger charge is -2.18. The van der Waals surface area contributed by atoms with E-state index in [9.17, 15) is 0 Å². The van der Waals surface area contributed by atoms with Crippen LogP contribution in [-0.4, -0.2) is 21.6 Å². The van der Waals surface area contributed by atoms with Crippen LogP contribution in [0.1, 0.15) is 17.0 Å². The van der Waals surface area contributed by atoms with Crippen molar-refractivity contribution in [3.8, 4) is 28.6 Å². The van der Waals surface area contributed by atoms with Crippen LogP contribution in [0.4, 0.5) is 11.5 Å². The Bertz CT molecular complexity index is 1220. The smallest absolute Gasteiger partial charge is 0.148 e. The number of aryl methyl sites for hydroxylation is 2. The Morgan fingerprint density at radius 1 is 0.968 bits per heavy atom. The highest BCUT2D eigenvalue weighted by Gasteiger charge is 2.21. The van der Waals surface area contributed by atoms with Crippen LogP contribution in [0.5, 0.6) is 11.5 Å². The Balaban J connectivity index is 1.83. The summed E-state index contributed by atoms with van der Waals surface area (Å²) in [7, 11) is 1.57. The molecule has 0 saturated heterocycles. The molecule has 2 heterocycles. The van der Waals surface area contributed by atoms with Crippen molar-refractivity contribution in [2.75, 3.05) is 18.6 Å². The minimum absolute atomic E-state index is 0.417. The highest BCUT2D eigenvalue weighted by atomic mass is 16.5. The van der Waals surface area contributed by atoms with Crippen LogP contribution < -0.4 is 20.9 Å². The fourth-order valence-electron chi connectivity index (χ4n) is 3.45. The van der Waals surface area contributed by atoms with Crippen molar-refractivity contribution in [1.82, 2.24) is 14.5 Å². The summed E-state index contributed by atoms with van der Waals surface area (Å²) in [5.41, 5.74) is 17.5. The SMILES string of the molecule is COc1cc(OCc2ccccc2)cc(-n2c(-c3cccnc3C)nc(C)c2N)c1N. The van der Waals surface area contributed by atoms with E-state index in [0.29, 0.717) is 46.8 Å². The Hall–Kier alpha value is -4.00. The first-order chi connectivity index (χ1) is 15.0. The third-order valence-electron chi connectivity index (χ3n) is 5.15. The molecule has 0 fully saturated rings. The summed E-state index contributed by atoms with van der Waals surface area (Å²) in [4.78, 5) is 9.09. The number of aromatic nitrogens is 3. The average Bonchev–Trinajstić information content (AvgIpc) is 3.08. The Morgan fingerprint density at radius 2 is 1.74 bits per heavy atom. The lowest BCUT2D eigenvalue weighted by Crippen LogP contribution is -2.08. The van der Waals surface area contributed by atoms with Crippen molar-refractivity contribution in [2.24, 2.45) is 0 Å². The van der Waals surface area contributed by atoms with E-state index in [-0.39, 0.29) is 0 Å². The first-order valence-electron chi connectivity index (χ1n) is 9.91. The molecule has 2 aromatic carbocycles. The molecule has 4 rings (SSSR count). The summed E-state index contributed by atoms with van der Waals surface area (Å²) in [5.74, 6) is 2.27. The van der Waals surface area contributed by atoms with E-state index in [0.717, 1.165) is 16.8 Å². The molecule has 0 aliphatic heterocycles. The topological polar surface area (TPSA) is 101 Å². The third kappa shape index (κ3) is 3.90. The van der Waals surface area contributed by atoms with Crippen molar-refractivity contribution in [1.29, 1.82) is 0 Å². The van der Waals surface area contributed by atoms with Crippen LogP contribution in [0, 0.1) is 13.8 Å². The third-order valence-corrected chi connectivity index (χ3v) is 5.15. The van der Waals surface area contributed by atoms with E-state index in [1.54, 1.807) is 19.4 Å². The number of rotatable bonds is 6. The molecule has 31 heavy (non-hydrogen) atoms. The number of hydrogen-bond donors (Lipinski definition) is 2. The van der Waals surface area contributed by atoms with E-state index in [1.807, 2.05) is 66.9 Å². The minimum Gasteiger partial charge on any atom is -0.494 e. The molecule has 0 saturated carbocycles. The number of ether oxygens (including phenoxy) is 2. The lowest BCUT2D eigenvalue weighted by atomic mass is 10.1. The van der Waals surface area contributed by atoms with Crippen LogP contribution in [0.25, 0.3) is 17.1 Å². The van der Waals surface area contributed by atoms with Crippen LogP contribution in [0.2, 0.25) is 0 Å². The first kappa shape index (κ1) is 20.3. The zero-order chi connectivity index (χ0) is 22.0. The van der Waals surface area contributed by atoms with Crippen LogP contribution in [0.15, 0.2) is 60.8 Å². The molecule has 4 aromatic rings. The van der Waals surface area contributed by atoms with Gasteiger partial charge in [0.05, 0.1) is 24.2 Å². The van der Waals surface area contributed by atoms with Gasteiger partial charge in [0.1, 0.15) is 29.7 Å². The molecular weight excluding hydrogens is 390 g/mol. The number of anilines is 2. The number of benzene rings is 2. The van der Waals surface area contributed by atoms with Gasteiger partial charge in [-0.3, -0.25) is 9.55 Å². The van der Waals surface area contributed by atoms with Crippen LogP contribution in [0.3, 0.4) is 0 Å². The summed E-state index contributed by atoms with van der Waals surface area (Å²) >= 11 is 0. The molecule has 158 valence electrons. The number of hydrogen-bond acceptors (Lipinski definition) is 6. The second-order valence-electron chi connectivity index (χ2n) is 7.21. The molecule has 0 unspecified atom stereocenters. The van der Waals surface area contributed by atoms with E-state index in [2.05, 4.69) is 4.98 Å². The van der Waals surface area contributed by atoms with Crippen LogP contribution >= 0.6 is 0 Å². The van der Waals surface area contributed by atoms with Gasteiger partial charge in [0.25, 0.3) is 0 Å². The maximum atomic E-state index is 6.46. The number of nitrogens with zero attached hydrogens (tertiary/aromatic N) is 3. The molecule has 7 nitrogen and oxygen atoms in total. The highest BCUT2D eigenvalue weighted by Crippen LogP contribution is 2.38. The van der Waals surface area contributed by atoms with Gasteiger partial charge in [-0.15, -0.1) is 0 Å². The predicted octanol–water partition coefficient (Wildman–Crippen LogP) is 4.30. The van der Waals surface area contributed by atoms with E-state index >= 15 is 0 Å². The largest absolute Gasteiger partial charge is 0.494 e. The Morgan fingerprint density at radius 3 is 2.45 bits per heavy atom. The van der Waals surface area contributed by atoms with E-state index in [1.165, 1.54) is 0 Å². The van der Waals surface area contributed by atoms with Crippen molar-refractivity contribution in [3.63, 3.8) is 0 Å². The number of pyridine rings is 1. The number of methoxy groups -OCH3 is 1. The molecule has 0 atom stereocenters. The van der Waals surface area contributed by atoms with Crippen molar-refractivity contribution >= 4 is 11.5 Å². The Kier molecular flexibility index (Phi) is 5.49. The fraction of sp³-hybridized carbons (Fsp3) is 0.167. The van der Waals surface area contributed by atoms with Crippen molar-refractivity contribution in [2.45, 2.75) is 20.5 Å². The quantitative estimate of drug-likeness (QED) is 0.455. The van der Waals surface area contributed by atoms with Gasteiger partial charge in [0.2, 0.25) is 0 Å². The second kappa shape index (κ2) is 8.39. The van der Waals surface area contributed by atoms with Crippen molar-refractivity contribution in [3.05, 3.63) is 77.7 Å². The molecule has 0 spiro atoms. The number of imidazole rings is 1. The van der Waals surface area contributed by atoms with Gasteiger partial charge < -0.3 is 20.9 Å². The Labute approximate surface area is 181 Å². The molecule has 0 aliphatic carbocycles. The first-order valence-corrected chi connectivity index (χ1v) is 9.91. The summed E-state index contributed by atoms with van der Waals surface area (Å²) in [5, 5.41) is 0.